The SMILES string of the molecule is COc1ccc(-n2ncc3c(NC(=O)c4ccc([N+](=O)[O-])s4)nc(-c4ccc(C#N)nc4)nc32)cc1. The number of carbonyl (C=O) groups is 1. The number of hydrogen-bond acceptors (Lipinski definition) is 10. The van der Waals surface area contributed by atoms with Crippen molar-refractivity contribution >= 4 is 39.1 Å². The molecule has 0 aliphatic carbocycles. The van der Waals surface area contributed by atoms with Gasteiger partial charge in [0.2, 0.25) is 0 Å². The molecule has 176 valence electrons. The second-order valence-corrected chi connectivity index (χ2v) is 8.34. The van der Waals surface area contributed by atoms with Crippen LogP contribution in [0.5, 0.6) is 5.75 Å². The van der Waals surface area contributed by atoms with E-state index in [4.69, 9.17) is 10.00 Å². The zero-order valence-corrected chi connectivity index (χ0v) is 19.3. The van der Waals surface area contributed by atoms with Gasteiger partial charge in [0.1, 0.15) is 23.3 Å². The highest BCUT2D eigenvalue weighted by atomic mass is 32.1. The van der Waals surface area contributed by atoms with Crippen LogP contribution >= 0.6 is 11.3 Å². The summed E-state index contributed by atoms with van der Waals surface area (Å²) in [7, 11) is 1.57. The predicted octanol–water partition coefficient (Wildman–Crippen LogP) is 3.98. The predicted molar refractivity (Wildman–Crippen MR) is 130 cm³/mol. The van der Waals surface area contributed by atoms with Crippen molar-refractivity contribution in [3.05, 3.63) is 81.6 Å². The van der Waals surface area contributed by atoms with Crippen LogP contribution in [0.15, 0.2) is 60.9 Å². The van der Waals surface area contributed by atoms with E-state index in [0.29, 0.717) is 28.0 Å². The molecule has 1 amide bonds. The van der Waals surface area contributed by atoms with E-state index in [9.17, 15) is 14.9 Å². The van der Waals surface area contributed by atoms with Gasteiger partial charge in [-0.25, -0.2) is 19.6 Å². The van der Waals surface area contributed by atoms with E-state index in [1.807, 2.05) is 6.07 Å². The van der Waals surface area contributed by atoms with E-state index >= 15 is 0 Å². The molecule has 0 aliphatic rings. The van der Waals surface area contributed by atoms with Gasteiger partial charge in [0.25, 0.3) is 5.91 Å². The lowest BCUT2D eigenvalue weighted by Crippen LogP contribution is -2.12. The van der Waals surface area contributed by atoms with Crippen LogP contribution in [-0.4, -0.2) is 42.7 Å². The van der Waals surface area contributed by atoms with Gasteiger partial charge in [-0.3, -0.25) is 14.9 Å². The summed E-state index contributed by atoms with van der Waals surface area (Å²) in [6, 6.07) is 15.0. The molecule has 0 bridgehead atoms. The summed E-state index contributed by atoms with van der Waals surface area (Å²) in [6.07, 6.45) is 2.98. The number of nitrogens with zero attached hydrogens (tertiary/aromatic N) is 7. The van der Waals surface area contributed by atoms with E-state index < -0.39 is 10.8 Å². The number of ether oxygens (including phenoxy) is 1. The fourth-order valence-corrected chi connectivity index (χ4v) is 4.07. The summed E-state index contributed by atoms with van der Waals surface area (Å²) >= 11 is 0.756. The lowest BCUT2D eigenvalue weighted by molar-refractivity contribution is -0.380. The number of nitriles is 1. The summed E-state index contributed by atoms with van der Waals surface area (Å²) in [5.74, 6) is 0.517. The number of thiophene rings is 1. The molecule has 12 nitrogen and oxygen atoms in total. The van der Waals surface area contributed by atoms with Gasteiger partial charge >= 0.3 is 5.00 Å². The van der Waals surface area contributed by atoms with Crippen LogP contribution in [-0.2, 0) is 0 Å². The molecule has 0 unspecified atom stereocenters. The Labute approximate surface area is 206 Å². The number of anilines is 1. The normalized spacial score (nSPS) is 10.7. The lowest BCUT2D eigenvalue weighted by Gasteiger charge is -2.09. The number of benzene rings is 1. The highest BCUT2D eigenvalue weighted by Gasteiger charge is 2.20. The molecule has 1 N–H and O–H groups in total. The van der Waals surface area contributed by atoms with Gasteiger partial charge in [-0.2, -0.15) is 10.4 Å². The third-order valence-electron chi connectivity index (χ3n) is 5.11. The van der Waals surface area contributed by atoms with Gasteiger partial charge in [-0.1, -0.05) is 11.3 Å². The van der Waals surface area contributed by atoms with Crippen molar-refractivity contribution in [3.8, 4) is 28.9 Å². The largest absolute Gasteiger partial charge is 0.497 e. The smallest absolute Gasteiger partial charge is 0.324 e. The summed E-state index contributed by atoms with van der Waals surface area (Å²) in [5.41, 5.74) is 1.85. The van der Waals surface area contributed by atoms with Crippen LogP contribution in [0.25, 0.3) is 28.1 Å². The second-order valence-electron chi connectivity index (χ2n) is 7.28. The van der Waals surface area contributed by atoms with Crippen molar-refractivity contribution in [1.82, 2.24) is 24.7 Å². The fourth-order valence-electron chi connectivity index (χ4n) is 3.35. The fraction of sp³-hybridized carbons (Fsp3) is 0.0435. The third-order valence-corrected chi connectivity index (χ3v) is 6.14. The van der Waals surface area contributed by atoms with Crippen molar-refractivity contribution in [2.45, 2.75) is 0 Å². The van der Waals surface area contributed by atoms with Crippen molar-refractivity contribution in [2.24, 2.45) is 0 Å². The summed E-state index contributed by atoms with van der Waals surface area (Å²) < 4.78 is 6.80. The number of nitro groups is 1. The standard InChI is InChI=1S/C23H14N8O4S/c1-35-16-6-4-15(5-7-16)30-22-17(12-26-30)21(29-23(32)18-8-9-19(36-18)31(33)34)27-20(28-22)13-2-3-14(10-24)25-11-13/h2-9,11-12H,1H3,(H,27,28,29,32). The van der Waals surface area contributed by atoms with Crippen LogP contribution in [0.1, 0.15) is 15.4 Å². The second kappa shape index (κ2) is 9.20. The Kier molecular flexibility index (Phi) is 5.77. The Hall–Kier alpha value is -5.22. The van der Waals surface area contributed by atoms with Gasteiger partial charge in [0.05, 0.1) is 34.2 Å². The van der Waals surface area contributed by atoms with Gasteiger partial charge in [0, 0.05) is 17.8 Å². The monoisotopic (exact) mass is 498 g/mol. The Morgan fingerprint density at radius 2 is 1.94 bits per heavy atom. The van der Waals surface area contributed by atoms with E-state index in [1.54, 1.807) is 42.1 Å². The van der Waals surface area contributed by atoms with E-state index in [-0.39, 0.29) is 27.2 Å². The molecule has 13 heteroatoms. The molecule has 5 rings (SSSR count). The third kappa shape index (κ3) is 4.19. The van der Waals surface area contributed by atoms with Crippen LogP contribution in [0.3, 0.4) is 0 Å². The number of fused-ring (bicyclic) bond motifs is 1. The molecule has 0 radical (unpaired) electrons. The Morgan fingerprint density at radius 1 is 1.14 bits per heavy atom. The minimum absolute atomic E-state index is 0.148. The molecule has 0 saturated carbocycles. The van der Waals surface area contributed by atoms with Crippen molar-refractivity contribution in [2.75, 3.05) is 12.4 Å². The molecule has 0 atom stereocenters. The van der Waals surface area contributed by atoms with Crippen LogP contribution in [0.2, 0.25) is 0 Å². The van der Waals surface area contributed by atoms with Gasteiger partial charge < -0.3 is 10.1 Å². The summed E-state index contributed by atoms with van der Waals surface area (Å²) in [6.45, 7) is 0. The number of rotatable bonds is 6. The zero-order chi connectivity index (χ0) is 25.2. The van der Waals surface area contributed by atoms with Gasteiger partial charge in [0.15, 0.2) is 11.5 Å². The number of pyridine rings is 1. The zero-order valence-electron chi connectivity index (χ0n) is 18.4. The molecule has 5 aromatic rings. The van der Waals surface area contributed by atoms with Crippen LogP contribution in [0.4, 0.5) is 10.8 Å². The number of methoxy groups -OCH3 is 1. The highest BCUT2D eigenvalue weighted by molar-refractivity contribution is 7.17. The first-order chi connectivity index (χ1) is 17.5. The first kappa shape index (κ1) is 22.6. The van der Waals surface area contributed by atoms with Gasteiger partial charge in [-0.15, -0.1) is 0 Å². The van der Waals surface area contributed by atoms with Gasteiger partial charge in [-0.05, 0) is 42.5 Å². The maximum atomic E-state index is 12.9. The lowest BCUT2D eigenvalue weighted by atomic mass is 10.2. The summed E-state index contributed by atoms with van der Waals surface area (Å²) in [5, 5.41) is 27.5. The Balaban J connectivity index is 1.62. The number of hydrogen-bond donors (Lipinski definition) is 1. The quantitative estimate of drug-likeness (QED) is 0.269. The first-order valence-corrected chi connectivity index (χ1v) is 11.1. The Morgan fingerprint density at radius 3 is 2.58 bits per heavy atom. The van der Waals surface area contributed by atoms with Crippen molar-refractivity contribution in [1.29, 1.82) is 5.26 Å². The van der Waals surface area contributed by atoms with Crippen molar-refractivity contribution < 1.29 is 14.5 Å². The first-order valence-electron chi connectivity index (χ1n) is 10.3. The molecule has 0 aliphatic heterocycles. The van der Waals surface area contributed by atoms with E-state index in [2.05, 4.69) is 25.4 Å². The molecule has 0 spiro atoms. The van der Waals surface area contributed by atoms with E-state index in [1.165, 1.54) is 30.6 Å². The van der Waals surface area contributed by atoms with Crippen molar-refractivity contribution in [3.63, 3.8) is 0 Å². The molecule has 36 heavy (non-hydrogen) atoms. The number of amides is 1. The maximum absolute atomic E-state index is 12.9. The number of aromatic nitrogens is 5. The average molecular weight is 498 g/mol. The molecule has 0 fully saturated rings. The Bertz CT molecular complexity index is 1650. The minimum Gasteiger partial charge on any atom is -0.497 e. The maximum Gasteiger partial charge on any atom is 0.324 e. The molecule has 1 aromatic carbocycles. The highest BCUT2D eigenvalue weighted by Crippen LogP contribution is 2.29. The topological polar surface area (TPSA) is 162 Å². The van der Waals surface area contributed by atoms with E-state index in [0.717, 1.165) is 11.3 Å². The molecule has 0 saturated heterocycles. The van der Waals surface area contributed by atoms with Crippen LogP contribution < -0.4 is 10.1 Å². The molecular weight excluding hydrogens is 484 g/mol. The molecule has 4 heterocycles. The van der Waals surface area contributed by atoms with Crippen LogP contribution in [0, 0.1) is 21.4 Å². The number of nitrogens with one attached hydrogen (secondary N) is 1. The molecular formula is C23H14N8O4S. The number of carbonyl (C=O) groups excluding carboxylic acids is 1. The average Bonchev–Trinajstić information content (AvgIpc) is 3.57. The molecule has 4 aromatic heterocycles. The summed E-state index contributed by atoms with van der Waals surface area (Å²) in [4.78, 5) is 36.7. The minimum atomic E-state index is -0.561.